The fourth-order valence-corrected chi connectivity index (χ4v) is 4.87. The van der Waals surface area contributed by atoms with Crippen molar-refractivity contribution in [1.82, 2.24) is 19.5 Å². The van der Waals surface area contributed by atoms with E-state index in [4.69, 9.17) is 15.0 Å². The highest BCUT2D eigenvalue weighted by Gasteiger charge is 2.31. The van der Waals surface area contributed by atoms with E-state index in [1.54, 1.807) is 12.1 Å². The maximum atomic E-state index is 13.9. The third-order valence-electron chi connectivity index (χ3n) is 7.02. The van der Waals surface area contributed by atoms with Gasteiger partial charge in [0.2, 0.25) is 5.95 Å². The number of benzene rings is 2. The van der Waals surface area contributed by atoms with Crippen molar-refractivity contribution in [3.63, 3.8) is 0 Å². The van der Waals surface area contributed by atoms with Gasteiger partial charge in [0.05, 0.1) is 52.1 Å². The van der Waals surface area contributed by atoms with Gasteiger partial charge < -0.3 is 14.6 Å². The first-order valence-corrected chi connectivity index (χ1v) is 12.7. The number of H-pyrrole nitrogens is 1. The zero-order chi connectivity index (χ0) is 27.9. The van der Waals surface area contributed by atoms with Gasteiger partial charge in [0.1, 0.15) is 6.61 Å². The minimum atomic E-state index is -4.46. The number of para-hydroxylation sites is 1. The molecule has 4 aromatic rings. The lowest BCUT2D eigenvalue weighted by Gasteiger charge is -2.28. The number of fused-ring (bicyclic) bond motifs is 2. The van der Waals surface area contributed by atoms with Crippen LogP contribution < -0.4 is 15.2 Å². The number of nitriles is 1. The predicted molar refractivity (Wildman–Crippen MR) is 142 cm³/mol. The summed E-state index contributed by atoms with van der Waals surface area (Å²) in [5.41, 5.74) is 2.19. The molecule has 8 nitrogen and oxygen atoms in total. The summed E-state index contributed by atoms with van der Waals surface area (Å²) in [5, 5.41) is 9.10. The van der Waals surface area contributed by atoms with E-state index in [-0.39, 0.29) is 36.2 Å². The molecule has 6 rings (SSSR count). The van der Waals surface area contributed by atoms with Crippen LogP contribution in [0.4, 0.5) is 19.1 Å². The average Bonchev–Trinajstić information content (AvgIpc) is 3.40. The van der Waals surface area contributed by atoms with Crippen molar-refractivity contribution < 1.29 is 17.9 Å². The summed E-state index contributed by atoms with van der Waals surface area (Å²) in [4.78, 5) is 27.9. The van der Waals surface area contributed by atoms with Crippen molar-refractivity contribution in [3.8, 4) is 17.8 Å². The van der Waals surface area contributed by atoms with Crippen molar-refractivity contribution in [1.29, 1.82) is 5.26 Å². The number of ether oxygens (including phenoxy) is 1. The van der Waals surface area contributed by atoms with Gasteiger partial charge >= 0.3 is 12.2 Å². The Bertz CT molecular complexity index is 1750. The summed E-state index contributed by atoms with van der Waals surface area (Å²) < 4.78 is 47.0. The summed E-state index contributed by atoms with van der Waals surface area (Å²) in [7, 11) is 0. The van der Waals surface area contributed by atoms with Crippen LogP contribution in [0.3, 0.4) is 0 Å². The Balaban J connectivity index is 1.32. The number of nitrogens with one attached hydrogen (secondary N) is 1. The Morgan fingerprint density at radius 2 is 1.98 bits per heavy atom. The van der Waals surface area contributed by atoms with E-state index < -0.39 is 11.7 Å². The maximum Gasteiger partial charge on any atom is 0.416 e. The first-order chi connectivity index (χ1) is 19.3. The van der Waals surface area contributed by atoms with E-state index in [1.807, 2.05) is 41.3 Å². The van der Waals surface area contributed by atoms with Crippen molar-refractivity contribution in [2.24, 2.45) is 5.92 Å². The van der Waals surface area contributed by atoms with Gasteiger partial charge in [0.25, 0.3) is 5.56 Å². The number of aromatic nitrogens is 4. The van der Waals surface area contributed by atoms with Crippen LogP contribution in [0.1, 0.15) is 23.2 Å². The molecule has 0 saturated heterocycles. The van der Waals surface area contributed by atoms with Crippen LogP contribution in [0.5, 0.6) is 6.01 Å². The Morgan fingerprint density at radius 3 is 2.70 bits per heavy atom. The zero-order valence-electron chi connectivity index (χ0n) is 21.2. The third-order valence-corrected chi connectivity index (χ3v) is 7.02. The minimum Gasteiger partial charge on any atom is -0.459 e. The predicted octanol–water partition coefficient (Wildman–Crippen LogP) is 5.10. The van der Waals surface area contributed by atoms with Gasteiger partial charge in [-0.25, -0.2) is 14.5 Å². The summed E-state index contributed by atoms with van der Waals surface area (Å²) in [6, 6.07) is 14.8. The lowest BCUT2D eigenvalue weighted by Crippen LogP contribution is -2.38. The molecule has 202 valence electrons. The average molecular weight is 545 g/mol. The van der Waals surface area contributed by atoms with Crippen LogP contribution in [0, 0.1) is 17.2 Å². The summed E-state index contributed by atoms with van der Waals surface area (Å²) in [6.45, 7) is 0.838. The molecule has 40 heavy (non-hydrogen) atoms. The molecule has 0 bridgehead atoms. The molecular formula is C29H23F3N6O2. The van der Waals surface area contributed by atoms with Gasteiger partial charge in [-0.2, -0.15) is 18.4 Å². The van der Waals surface area contributed by atoms with Gasteiger partial charge in [0, 0.05) is 13.0 Å². The highest BCUT2D eigenvalue weighted by Crippen LogP contribution is 2.32. The third kappa shape index (κ3) is 4.84. The maximum absolute atomic E-state index is 13.9. The van der Waals surface area contributed by atoms with Crippen molar-refractivity contribution in [2.75, 3.05) is 18.1 Å². The van der Waals surface area contributed by atoms with Crippen LogP contribution >= 0.6 is 0 Å². The summed E-state index contributed by atoms with van der Waals surface area (Å²) in [6.07, 6.45) is 2.20. The standard InChI is InChI=1S/C29H23F3N6O2/c30-29(31,32)20-10-11-24-25(14-20)35-27(34-24)37-13-12-23-22(16-37)26(39)38(21-4-2-1-3-5-21)28(36-23)40-17-19-8-6-18(15-33)7-9-19/h1-6,8-11,14,18H,7,12-13,16-17H2,(H,34,35). The van der Waals surface area contributed by atoms with E-state index >= 15 is 0 Å². The Hall–Kier alpha value is -4.85. The smallest absolute Gasteiger partial charge is 0.416 e. The van der Waals surface area contributed by atoms with E-state index in [2.05, 4.69) is 16.0 Å². The first-order valence-electron chi connectivity index (χ1n) is 12.7. The second kappa shape index (κ2) is 10.0. The number of hydrogen-bond acceptors (Lipinski definition) is 6. The Morgan fingerprint density at radius 1 is 1.15 bits per heavy atom. The Kier molecular flexibility index (Phi) is 6.38. The lowest BCUT2D eigenvalue weighted by molar-refractivity contribution is -0.137. The molecule has 1 unspecified atom stereocenters. The molecule has 0 amide bonds. The molecule has 0 saturated carbocycles. The van der Waals surface area contributed by atoms with Crippen LogP contribution in [0.15, 0.2) is 77.1 Å². The fourth-order valence-electron chi connectivity index (χ4n) is 4.87. The molecule has 0 spiro atoms. The van der Waals surface area contributed by atoms with Gasteiger partial charge in [-0.3, -0.25) is 4.79 Å². The number of imidazole rings is 1. The molecule has 11 heteroatoms. The molecular weight excluding hydrogens is 521 g/mol. The summed E-state index contributed by atoms with van der Waals surface area (Å²) in [5.74, 6) is 0.229. The molecule has 1 N–H and O–H groups in total. The zero-order valence-corrected chi connectivity index (χ0v) is 21.2. The molecule has 1 aliphatic heterocycles. The van der Waals surface area contributed by atoms with Gasteiger partial charge in [0.15, 0.2) is 0 Å². The monoisotopic (exact) mass is 544 g/mol. The number of nitrogens with zero attached hydrogens (tertiary/aromatic N) is 5. The van der Waals surface area contributed by atoms with Crippen molar-refractivity contribution in [3.05, 3.63) is 99.5 Å². The van der Waals surface area contributed by atoms with Crippen LogP contribution in [-0.2, 0) is 19.1 Å². The Labute approximate surface area is 226 Å². The summed E-state index contributed by atoms with van der Waals surface area (Å²) >= 11 is 0. The number of rotatable bonds is 5. The topological polar surface area (TPSA) is 99.8 Å². The van der Waals surface area contributed by atoms with Gasteiger partial charge in [-0.1, -0.05) is 36.4 Å². The molecule has 3 heterocycles. The molecule has 0 fully saturated rings. The molecule has 2 aliphatic rings. The van der Waals surface area contributed by atoms with Crippen LogP contribution in [-0.4, -0.2) is 32.7 Å². The van der Waals surface area contributed by atoms with E-state index in [9.17, 15) is 18.0 Å². The second-order valence-corrected chi connectivity index (χ2v) is 9.66. The number of aromatic amines is 1. The number of alkyl halides is 3. The van der Waals surface area contributed by atoms with Crippen LogP contribution in [0.2, 0.25) is 0 Å². The second-order valence-electron chi connectivity index (χ2n) is 9.66. The first kappa shape index (κ1) is 25.4. The highest BCUT2D eigenvalue weighted by molar-refractivity contribution is 5.78. The van der Waals surface area contributed by atoms with Crippen molar-refractivity contribution in [2.45, 2.75) is 25.6 Å². The molecule has 1 atom stereocenters. The largest absolute Gasteiger partial charge is 0.459 e. The van der Waals surface area contributed by atoms with Crippen molar-refractivity contribution >= 4 is 17.0 Å². The lowest BCUT2D eigenvalue weighted by atomic mass is 9.98. The van der Waals surface area contributed by atoms with E-state index in [1.165, 1.54) is 10.6 Å². The number of anilines is 1. The SMILES string of the molecule is N#CC1C=CC(COc2nc3c(c(=O)n2-c2ccccc2)CN(c2nc4ccc(C(F)(F)F)cc4[nH]2)CC3)=CC1. The molecule has 2 aromatic carbocycles. The quantitative estimate of drug-likeness (QED) is 0.376. The van der Waals surface area contributed by atoms with Crippen LogP contribution in [0.25, 0.3) is 16.7 Å². The number of halogens is 3. The molecule has 1 aliphatic carbocycles. The minimum absolute atomic E-state index is 0.158. The van der Waals surface area contributed by atoms with Gasteiger partial charge in [-0.15, -0.1) is 0 Å². The van der Waals surface area contributed by atoms with E-state index in [0.717, 1.165) is 17.7 Å². The van der Waals surface area contributed by atoms with Gasteiger partial charge in [-0.05, 0) is 42.3 Å². The number of hydrogen-bond donors (Lipinski definition) is 1. The number of allylic oxidation sites excluding steroid dienone is 2. The molecule has 0 radical (unpaired) electrons. The highest BCUT2D eigenvalue weighted by atomic mass is 19.4. The van der Waals surface area contributed by atoms with E-state index in [0.29, 0.717) is 47.8 Å². The normalized spacial score (nSPS) is 16.9. The molecule has 2 aromatic heterocycles. The fraction of sp³-hybridized carbons (Fsp3) is 0.241.